The fourth-order valence-electron chi connectivity index (χ4n) is 3.56. The number of hydrogen-bond donors (Lipinski definition) is 1. The third kappa shape index (κ3) is 4.83. The second-order valence-electron chi connectivity index (χ2n) is 6.80. The zero-order chi connectivity index (χ0) is 16.9. The minimum atomic E-state index is 0. The van der Waals surface area contributed by atoms with Crippen molar-refractivity contribution < 1.29 is 4.79 Å². The molecule has 3 nitrogen and oxygen atoms in total. The predicted molar refractivity (Wildman–Crippen MR) is 105 cm³/mol. The van der Waals surface area contributed by atoms with Crippen LogP contribution in [0.15, 0.2) is 54.6 Å². The van der Waals surface area contributed by atoms with Gasteiger partial charge < -0.3 is 10.6 Å². The summed E-state index contributed by atoms with van der Waals surface area (Å²) in [7, 11) is 0. The summed E-state index contributed by atoms with van der Waals surface area (Å²) in [6.45, 7) is 4.28. The second-order valence-corrected chi connectivity index (χ2v) is 6.80. The van der Waals surface area contributed by atoms with Crippen molar-refractivity contribution in [3.05, 3.63) is 71.3 Å². The first-order chi connectivity index (χ1) is 11.7. The highest BCUT2D eigenvalue weighted by Gasteiger charge is 2.34. The van der Waals surface area contributed by atoms with E-state index in [4.69, 9.17) is 5.73 Å². The van der Waals surface area contributed by atoms with E-state index in [0.29, 0.717) is 24.8 Å². The lowest BCUT2D eigenvalue weighted by Crippen LogP contribution is -2.30. The number of carbonyl (C=O) groups excluding carboxylic acids is 1. The Morgan fingerprint density at radius 2 is 1.76 bits per heavy atom. The minimum absolute atomic E-state index is 0. The van der Waals surface area contributed by atoms with Crippen molar-refractivity contribution in [2.45, 2.75) is 25.7 Å². The molecule has 0 spiro atoms. The molecule has 0 aliphatic carbocycles. The number of hydrogen-bond acceptors (Lipinski definition) is 2. The maximum Gasteiger partial charge on any atom is 0.222 e. The van der Waals surface area contributed by atoms with E-state index in [1.807, 2.05) is 11.0 Å². The van der Waals surface area contributed by atoms with Crippen LogP contribution in [0.3, 0.4) is 0 Å². The summed E-state index contributed by atoms with van der Waals surface area (Å²) in [6, 6.07) is 18.9. The van der Waals surface area contributed by atoms with Gasteiger partial charge in [-0.2, -0.15) is 0 Å². The molecule has 4 heteroatoms. The Balaban J connectivity index is 0.00000225. The molecular weight excluding hydrogens is 332 g/mol. The van der Waals surface area contributed by atoms with Gasteiger partial charge >= 0.3 is 0 Å². The molecule has 2 aromatic rings. The van der Waals surface area contributed by atoms with E-state index >= 15 is 0 Å². The van der Waals surface area contributed by atoms with Gasteiger partial charge in [0.05, 0.1) is 0 Å². The number of nitrogens with zero attached hydrogens (tertiary/aromatic N) is 1. The standard InChI is InChI=1S/C21H26N2O.ClH/c1-16-7-9-17(10-8-16)11-12-21(24)23-14-19(13-22)20(15-23)18-5-3-2-4-6-18;/h2-10,19-20H,11-15,22H2,1H3;1H/t19-,20+;/m1./s1. The number of aryl methyl sites for hydroxylation is 2. The van der Waals surface area contributed by atoms with Gasteiger partial charge in [0.15, 0.2) is 0 Å². The van der Waals surface area contributed by atoms with Gasteiger partial charge in [-0.1, -0.05) is 60.2 Å². The first kappa shape index (κ1) is 19.5. The number of nitrogens with two attached hydrogens (primary N) is 1. The van der Waals surface area contributed by atoms with Crippen molar-refractivity contribution in [1.29, 1.82) is 0 Å². The van der Waals surface area contributed by atoms with Gasteiger partial charge in [-0.25, -0.2) is 0 Å². The molecule has 1 amide bonds. The normalized spacial score (nSPS) is 19.5. The Bertz CT molecular complexity index is 672. The third-order valence-corrected chi connectivity index (χ3v) is 5.07. The zero-order valence-corrected chi connectivity index (χ0v) is 15.5. The van der Waals surface area contributed by atoms with E-state index in [9.17, 15) is 4.79 Å². The lowest BCUT2D eigenvalue weighted by Gasteiger charge is -2.17. The van der Waals surface area contributed by atoms with Gasteiger partial charge in [-0.15, -0.1) is 12.4 Å². The molecule has 0 unspecified atom stereocenters. The van der Waals surface area contributed by atoms with E-state index < -0.39 is 0 Å². The van der Waals surface area contributed by atoms with Crippen LogP contribution in [0.25, 0.3) is 0 Å². The van der Waals surface area contributed by atoms with Crippen molar-refractivity contribution in [2.24, 2.45) is 11.7 Å². The molecule has 2 atom stereocenters. The number of amides is 1. The molecule has 25 heavy (non-hydrogen) atoms. The molecule has 1 heterocycles. The molecule has 2 N–H and O–H groups in total. The molecule has 0 bridgehead atoms. The number of halogens is 1. The molecule has 3 rings (SSSR count). The number of likely N-dealkylation sites (tertiary alicyclic amines) is 1. The van der Waals surface area contributed by atoms with E-state index in [-0.39, 0.29) is 18.3 Å². The summed E-state index contributed by atoms with van der Waals surface area (Å²) < 4.78 is 0. The van der Waals surface area contributed by atoms with Crippen LogP contribution in [0, 0.1) is 12.8 Å². The van der Waals surface area contributed by atoms with Crippen molar-refractivity contribution in [3.63, 3.8) is 0 Å². The van der Waals surface area contributed by atoms with Gasteiger partial charge in [0, 0.05) is 25.4 Å². The highest BCUT2D eigenvalue weighted by Crippen LogP contribution is 2.32. The van der Waals surface area contributed by atoms with Crippen LogP contribution in [0.1, 0.15) is 29.0 Å². The summed E-state index contributed by atoms with van der Waals surface area (Å²) in [6.07, 6.45) is 1.38. The molecule has 0 saturated carbocycles. The van der Waals surface area contributed by atoms with Crippen LogP contribution in [0.2, 0.25) is 0 Å². The molecule has 1 aliphatic heterocycles. The maximum absolute atomic E-state index is 12.6. The van der Waals surface area contributed by atoms with E-state index in [1.165, 1.54) is 16.7 Å². The van der Waals surface area contributed by atoms with Crippen molar-refractivity contribution in [1.82, 2.24) is 4.90 Å². The maximum atomic E-state index is 12.6. The zero-order valence-electron chi connectivity index (χ0n) is 14.7. The summed E-state index contributed by atoms with van der Waals surface area (Å²) in [5.41, 5.74) is 9.73. The number of carbonyl (C=O) groups is 1. The van der Waals surface area contributed by atoms with Gasteiger partial charge in [-0.05, 0) is 36.9 Å². The van der Waals surface area contributed by atoms with E-state index in [1.54, 1.807) is 0 Å². The minimum Gasteiger partial charge on any atom is -0.342 e. The van der Waals surface area contributed by atoms with Crippen molar-refractivity contribution in [2.75, 3.05) is 19.6 Å². The Hall–Kier alpha value is -1.84. The van der Waals surface area contributed by atoms with Crippen LogP contribution in [-0.2, 0) is 11.2 Å². The molecule has 0 aromatic heterocycles. The summed E-state index contributed by atoms with van der Waals surface area (Å²) >= 11 is 0. The predicted octanol–water partition coefficient (Wildman–Crippen LogP) is 3.55. The number of benzene rings is 2. The van der Waals surface area contributed by atoms with Crippen molar-refractivity contribution in [3.8, 4) is 0 Å². The smallest absolute Gasteiger partial charge is 0.222 e. The number of rotatable bonds is 5. The SMILES string of the molecule is Cc1ccc(CCC(=O)N2C[C@@H](CN)[C@H](c3ccccc3)C2)cc1.Cl. The molecule has 1 fully saturated rings. The Labute approximate surface area is 156 Å². The van der Waals surface area contributed by atoms with Crippen LogP contribution in [0.4, 0.5) is 0 Å². The Kier molecular flexibility index (Phi) is 7.03. The fourth-order valence-corrected chi connectivity index (χ4v) is 3.56. The second kappa shape index (κ2) is 9.02. The fraction of sp³-hybridized carbons (Fsp3) is 0.381. The van der Waals surface area contributed by atoms with E-state index in [2.05, 4.69) is 55.5 Å². The highest BCUT2D eigenvalue weighted by atomic mass is 35.5. The van der Waals surface area contributed by atoms with Crippen LogP contribution in [0.5, 0.6) is 0 Å². The largest absolute Gasteiger partial charge is 0.342 e. The van der Waals surface area contributed by atoms with Gasteiger partial charge in [0.2, 0.25) is 5.91 Å². The van der Waals surface area contributed by atoms with Crippen LogP contribution in [-0.4, -0.2) is 30.4 Å². The Morgan fingerprint density at radius 1 is 1.08 bits per heavy atom. The molecular formula is C21H27ClN2O. The summed E-state index contributed by atoms with van der Waals surface area (Å²) in [5, 5.41) is 0. The average Bonchev–Trinajstić information content (AvgIpc) is 3.06. The molecule has 2 aromatic carbocycles. The quantitative estimate of drug-likeness (QED) is 0.888. The van der Waals surface area contributed by atoms with Gasteiger partial charge in [0.1, 0.15) is 0 Å². The lowest BCUT2D eigenvalue weighted by molar-refractivity contribution is -0.130. The Morgan fingerprint density at radius 3 is 2.40 bits per heavy atom. The molecule has 134 valence electrons. The average molecular weight is 359 g/mol. The van der Waals surface area contributed by atoms with E-state index in [0.717, 1.165) is 19.5 Å². The first-order valence-electron chi connectivity index (χ1n) is 8.75. The lowest BCUT2D eigenvalue weighted by atomic mass is 9.89. The topological polar surface area (TPSA) is 46.3 Å². The van der Waals surface area contributed by atoms with Crippen LogP contribution < -0.4 is 5.73 Å². The summed E-state index contributed by atoms with van der Waals surface area (Å²) in [5.74, 6) is 0.961. The monoisotopic (exact) mass is 358 g/mol. The third-order valence-electron chi connectivity index (χ3n) is 5.07. The van der Waals surface area contributed by atoms with Crippen LogP contribution >= 0.6 is 12.4 Å². The van der Waals surface area contributed by atoms with Gasteiger partial charge in [-0.3, -0.25) is 4.79 Å². The highest BCUT2D eigenvalue weighted by molar-refractivity contribution is 5.85. The van der Waals surface area contributed by atoms with Crippen molar-refractivity contribution >= 4 is 18.3 Å². The molecule has 1 aliphatic rings. The first-order valence-corrected chi connectivity index (χ1v) is 8.75. The van der Waals surface area contributed by atoms with Gasteiger partial charge in [0.25, 0.3) is 0 Å². The summed E-state index contributed by atoms with van der Waals surface area (Å²) in [4.78, 5) is 14.6. The molecule has 0 radical (unpaired) electrons. The molecule has 1 saturated heterocycles.